The van der Waals surface area contributed by atoms with Gasteiger partial charge in [-0.05, 0) is 13.0 Å². The number of hydrazone groups is 1. The molecule has 0 unspecified atom stereocenters. The molecule has 20 heavy (non-hydrogen) atoms. The fourth-order valence-corrected chi connectivity index (χ4v) is 1.53. The number of halogens is 1. The van der Waals surface area contributed by atoms with E-state index in [1.807, 2.05) is 49.6 Å². The molecule has 2 heterocycles. The topological polar surface area (TPSA) is 58.2 Å². The van der Waals surface area contributed by atoms with Crippen LogP contribution in [0, 0.1) is 0 Å². The summed E-state index contributed by atoms with van der Waals surface area (Å²) in [6.07, 6.45) is 7.06. The number of nitrogens with one attached hydrogen (secondary N) is 1. The van der Waals surface area contributed by atoms with Crippen molar-refractivity contribution in [2.75, 3.05) is 0 Å². The molecule has 1 amide bonds. The van der Waals surface area contributed by atoms with Gasteiger partial charge < -0.3 is 12.4 Å². The third kappa shape index (κ3) is 4.78. The Hall–Kier alpha value is -2.27. The van der Waals surface area contributed by atoms with Crippen molar-refractivity contribution in [1.29, 1.82) is 0 Å². The normalized spacial score (nSPS) is 10.6. The van der Waals surface area contributed by atoms with Gasteiger partial charge in [-0.25, -0.2) is 5.43 Å². The van der Waals surface area contributed by atoms with Crippen molar-refractivity contribution in [3.05, 3.63) is 60.7 Å². The van der Waals surface area contributed by atoms with Crippen LogP contribution < -0.4 is 22.4 Å². The van der Waals surface area contributed by atoms with E-state index in [9.17, 15) is 4.79 Å². The smallest absolute Gasteiger partial charge is 0.305 e. The number of rotatable bonds is 4. The van der Waals surface area contributed by atoms with Crippen molar-refractivity contribution in [2.24, 2.45) is 5.10 Å². The summed E-state index contributed by atoms with van der Waals surface area (Å²) in [7, 11) is 0. The van der Waals surface area contributed by atoms with Crippen LogP contribution in [-0.2, 0) is 11.3 Å². The van der Waals surface area contributed by atoms with Gasteiger partial charge in [-0.3, -0.25) is 9.78 Å². The Morgan fingerprint density at radius 3 is 2.70 bits per heavy atom. The zero-order chi connectivity index (χ0) is 13.5. The van der Waals surface area contributed by atoms with E-state index in [1.54, 1.807) is 17.0 Å². The van der Waals surface area contributed by atoms with Crippen LogP contribution in [0.1, 0.15) is 12.5 Å². The van der Waals surface area contributed by atoms with Gasteiger partial charge in [-0.15, -0.1) is 0 Å². The SMILES string of the molecule is CC(=NNC(=O)C[n+]1ccccc1)c1cccnc1.[Cl-]. The molecule has 2 aromatic rings. The number of pyridine rings is 2. The molecule has 5 nitrogen and oxygen atoms in total. The average Bonchev–Trinajstić information content (AvgIpc) is 2.47. The Morgan fingerprint density at radius 2 is 2.05 bits per heavy atom. The highest BCUT2D eigenvalue weighted by atomic mass is 35.5. The molecule has 0 saturated carbocycles. The second-order valence-electron chi connectivity index (χ2n) is 4.02. The lowest BCUT2D eigenvalue weighted by atomic mass is 10.2. The lowest BCUT2D eigenvalue weighted by molar-refractivity contribution is -0.684. The Labute approximate surface area is 123 Å². The fraction of sp³-hybridized carbons (Fsp3) is 0.143. The summed E-state index contributed by atoms with van der Waals surface area (Å²) in [6, 6.07) is 9.37. The first-order chi connectivity index (χ1) is 9.25. The van der Waals surface area contributed by atoms with Gasteiger partial charge in [0.25, 0.3) is 0 Å². The van der Waals surface area contributed by atoms with E-state index in [0.717, 1.165) is 11.3 Å². The molecule has 0 bridgehead atoms. The number of carbonyl (C=O) groups excluding carboxylic acids is 1. The summed E-state index contributed by atoms with van der Waals surface area (Å²) in [5, 5.41) is 4.05. The molecule has 2 rings (SSSR count). The quantitative estimate of drug-likeness (QED) is 0.399. The highest BCUT2D eigenvalue weighted by molar-refractivity contribution is 5.98. The number of hydrogen-bond acceptors (Lipinski definition) is 3. The van der Waals surface area contributed by atoms with E-state index in [4.69, 9.17) is 0 Å². The number of amides is 1. The maximum absolute atomic E-state index is 11.7. The first-order valence-corrected chi connectivity index (χ1v) is 5.93. The van der Waals surface area contributed by atoms with Crippen LogP contribution in [0.4, 0.5) is 0 Å². The van der Waals surface area contributed by atoms with Crippen LogP contribution in [0.3, 0.4) is 0 Å². The van der Waals surface area contributed by atoms with Crippen LogP contribution in [0.25, 0.3) is 0 Å². The first kappa shape index (κ1) is 15.8. The lowest BCUT2D eigenvalue weighted by Gasteiger charge is -2.00. The predicted octanol–water partition coefficient (Wildman–Crippen LogP) is -2.09. The van der Waals surface area contributed by atoms with Gasteiger partial charge in [0.15, 0.2) is 12.4 Å². The van der Waals surface area contributed by atoms with Gasteiger partial charge in [0.2, 0.25) is 6.54 Å². The molecule has 0 aliphatic rings. The highest BCUT2D eigenvalue weighted by Gasteiger charge is 2.07. The maximum atomic E-state index is 11.7. The van der Waals surface area contributed by atoms with Crippen LogP contribution >= 0.6 is 0 Å². The number of hydrogen-bond donors (Lipinski definition) is 1. The third-order valence-electron chi connectivity index (χ3n) is 2.53. The molecule has 0 atom stereocenters. The molecule has 0 aromatic carbocycles. The molecule has 2 aromatic heterocycles. The summed E-state index contributed by atoms with van der Waals surface area (Å²) in [5.74, 6) is -0.167. The van der Waals surface area contributed by atoms with Crippen LogP contribution in [0.2, 0.25) is 0 Å². The third-order valence-corrected chi connectivity index (χ3v) is 2.53. The summed E-state index contributed by atoms with van der Waals surface area (Å²) in [6.45, 7) is 2.07. The van der Waals surface area contributed by atoms with Crippen molar-refractivity contribution in [1.82, 2.24) is 10.4 Å². The average molecular weight is 291 g/mol. The molecular formula is C14H15ClN4O. The molecule has 6 heteroatoms. The zero-order valence-corrected chi connectivity index (χ0v) is 11.8. The van der Waals surface area contributed by atoms with E-state index < -0.39 is 0 Å². The Bertz CT molecular complexity index is 572. The van der Waals surface area contributed by atoms with Crippen LogP contribution in [0.5, 0.6) is 0 Å². The lowest BCUT2D eigenvalue weighted by Crippen LogP contribution is -3.00. The molecule has 104 valence electrons. The molecule has 0 aliphatic carbocycles. The second kappa shape index (κ2) is 8.01. The maximum Gasteiger partial charge on any atom is 0.305 e. The molecule has 0 radical (unpaired) electrons. The monoisotopic (exact) mass is 290 g/mol. The Morgan fingerprint density at radius 1 is 1.30 bits per heavy atom. The number of nitrogens with zero attached hydrogens (tertiary/aromatic N) is 3. The van der Waals surface area contributed by atoms with E-state index in [-0.39, 0.29) is 24.9 Å². The largest absolute Gasteiger partial charge is 1.00 e. The van der Waals surface area contributed by atoms with Crippen molar-refractivity contribution >= 4 is 11.6 Å². The summed E-state index contributed by atoms with van der Waals surface area (Å²) >= 11 is 0. The minimum atomic E-state index is -0.167. The van der Waals surface area contributed by atoms with Gasteiger partial charge in [0.1, 0.15) is 0 Å². The Balaban J connectivity index is 0.00000200. The van der Waals surface area contributed by atoms with E-state index in [1.165, 1.54) is 0 Å². The van der Waals surface area contributed by atoms with E-state index in [2.05, 4.69) is 15.5 Å². The highest BCUT2D eigenvalue weighted by Crippen LogP contribution is 1.97. The number of carbonyl (C=O) groups is 1. The van der Waals surface area contributed by atoms with Gasteiger partial charge >= 0.3 is 5.91 Å². The molecule has 0 saturated heterocycles. The molecule has 0 fully saturated rings. The second-order valence-corrected chi connectivity index (χ2v) is 4.02. The zero-order valence-electron chi connectivity index (χ0n) is 11.0. The molecular weight excluding hydrogens is 276 g/mol. The predicted molar refractivity (Wildman–Crippen MR) is 71.2 cm³/mol. The van der Waals surface area contributed by atoms with Crippen molar-refractivity contribution < 1.29 is 21.8 Å². The fourth-order valence-electron chi connectivity index (χ4n) is 1.53. The van der Waals surface area contributed by atoms with Gasteiger partial charge in [-0.1, -0.05) is 12.1 Å². The number of aromatic nitrogens is 2. The van der Waals surface area contributed by atoms with Gasteiger partial charge in [0.05, 0.1) is 5.71 Å². The van der Waals surface area contributed by atoms with Crippen molar-refractivity contribution in [2.45, 2.75) is 13.5 Å². The van der Waals surface area contributed by atoms with Crippen LogP contribution in [-0.4, -0.2) is 16.6 Å². The van der Waals surface area contributed by atoms with E-state index in [0.29, 0.717) is 0 Å². The summed E-state index contributed by atoms with van der Waals surface area (Å²) < 4.78 is 1.78. The first-order valence-electron chi connectivity index (χ1n) is 5.93. The Kier molecular flexibility index (Phi) is 6.32. The minimum Gasteiger partial charge on any atom is -1.00 e. The minimum absolute atomic E-state index is 0. The van der Waals surface area contributed by atoms with Gasteiger partial charge in [-0.2, -0.15) is 9.67 Å². The summed E-state index contributed by atoms with van der Waals surface area (Å²) in [4.78, 5) is 15.7. The summed E-state index contributed by atoms with van der Waals surface area (Å²) in [5.41, 5.74) is 4.14. The van der Waals surface area contributed by atoms with Crippen molar-refractivity contribution in [3.8, 4) is 0 Å². The van der Waals surface area contributed by atoms with Crippen LogP contribution in [0.15, 0.2) is 60.2 Å². The standard InChI is InChI=1S/C14H14N4O.ClH/c1-12(13-6-5-7-15-10-13)16-17-14(19)11-18-8-3-2-4-9-18;/h2-10H,11H2,1H3;1H. The molecule has 0 aliphatic heterocycles. The molecule has 1 N–H and O–H groups in total. The van der Waals surface area contributed by atoms with E-state index >= 15 is 0 Å². The molecule has 0 spiro atoms. The van der Waals surface area contributed by atoms with Crippen molar-refractivity contribution in [3.63, 3.8) is 0 Å². The van der Waals surface area contributed by atoms with Gasteiger partial charge in [0, 0.05) is 30.1 Å².